The Morgan fingerprint density at radius 3 is 2.54 bits per heavy atom. The predicted octanol–water partition coefficient (Wildman–Crippen LogP) is 6.48. The van der Waals surface area contributed by atoms with Gasteiger partial charge in [-0.2, -0.15) is 0 Å². The second-order valence-corrected chi connectivity index (χ2v) is 9.93. The summed E-state index contributed by atoms with van der Waals surface area (Å²) in [7, 11) is 3.47. The van der Waals surface area contributed by atoms with E-state index in [4.69, 9.17) is 9.15 Å². The number of ether oxygens (including phenoxy) is 1. The number of amides is 1. The molecule has 0 bridgehead atoms. The fourth-order valence-electron chi connectivity index (χ4n) is 4.49. The number of carbonyl (C=O) groups excluding carboxylic acids is 1. The highest BCUT2D eigenvalue weighted by atomic mass is 16.5. The average molecular weight is 508 g/mol. The zero-order valence-corrected chi connectivity index (χ0v) is 22.8. The van der Waals surface area contributed by atoms with Gasteiger partial charge in [-0.25, -0.2) is 4.79 Å². The Labute approximate surface area is 220 Å². The molecule has 1 atom stereocenters. The van der Waals surface area contributed by atoms with Crippen LogP contribution in [0.5, 0.6) is 5.75 Å². The van der Waals surface area contributed by atoms with Crippen molar-refractivity contribution >= 4 is 33.9 Å². The van der Waals surface area contributed by atoms with Crippen LogP contribution in [0.4, 0.5) is 17.1 Å². The molecule has 0 unspecified atom stereocenters. The lowest BCUT2D eigenvalue weighted by atomic mass is 10.0. The van der Waals surface area contributed by atoms with E-state index in [1.54, 1.807) is 13.2 Å². The summed E-state index contributed by atoms with van der Waals surface area (Å²) in [5.41, 5.74) is 2.21. The van der Waals surface area contributed by atoms with Crippen LogP contribution >= 0.6 is 0 Å². The molecule has 37 heavy (non-hydrogen) atoms. The molecule has 1 amide bonds. The van der Waals surface area contributed by atoms with E-state index in [9.17, 15) is 9.59 Å². The third-order valence-corrected chi connectivity index (χ3v) is 6.51. The molecule has 7 heteroatoms. The van der Waals surface area contributed by atoms with Crippen LogP contribution in [-0.2, 0) is 4.79 Å². The van der Waals surface area contributed by atoms with Crippen LogP contribution in [0.1, 0.15) is 59.3 Å². The number of para-hydroxylation sites is 1. The molecule has 0 fully saturated rings. The molecule has 0 aliphatic heterocycles. The van der Waals surface area contributed by atoms with Gasteiger partial charge in [-0.1, -0.05) is 58.6 Å². The second kappa shape index (κ2) is 13.8. The van der Waals surface area contributed by atoms with Gasteiger partial charge in [-0.3, -0.25) is 4.79 Å². The molecule has 3 rings (SSSR count). The number of fused-ring (bicyclic) bond motifs is 1. The minimum Gasteiger partial charge on any atom is -0.495 e. The second-order valence-electron chi connectivity index (χ2n) is 9.93. The van der Waals surface area contributed by atoms with Gasteiger partial charge in [0.25, 0.3) is 0 Å². The molecule has 1 heterocycles. The van der Waals surface area contributed by atoms with Crippen molar-refractivity contribution in [3.05, 3.63) is 59.0 Å². The number of anilines is 3. The number of benzene rings is 2. The molecule has 2 N–H and O–H groups in total. The quantitative estimate of drug-likeness (QED) is 0.192. The summed E-state index contributed by atoms with van der Waals surface area (Å²) in [6, 6.07) is 14.2. The predicted molar refractivity (Wildman–Crippen MR) is 152 cm³/mol. The Hall–Kier alpha value is -3.32. The molecule has 0 spiro atoms. The molecule has 0 radical (unpaired) electrons. The van der Waals surface area contributed by atoms with Gasteiger partial charge in [0.05, 0.1) is 24.5 Å². The molecule has 0 saturated carbocycles. The summed E-state index contributed by atoms with van der Waals surface area (Å²) in [6.45, 7) is 7.28. The van der Waals surface area contributed by atoms with E-state index >= 15 is 0 Å². The van der Waals surface area contributed by atoms with Crippen LogP contribution in [0.3, 0.4) is 0 Å². The molecular weight excluding hydrogens is 466 g/mol. The molecule has 1 aromatic heterocycles. The maximum absolute atomic E-state index is 13.4. The lowest BCUT2D eigenvalue weighted by Gasteiger charge is -2.24. The van der Waals surface area contributed by atoms with E-state index in [-0.39, 0.29) is 11.9 Å². The van der Waals surface area contributed by atoms with Gasteiger partial charge < -0.3 is 24.7 Å². The van der Waals surface area contributed by atoms with Crippen LogP contribution in [0.2, 0.25) is 0 Å². The van der Waals surface area contributed by atoms with Crippen molar-refractivity contribution in [1.29, 1.82) is 0 Å². The molecule has 7 nitrogen and oxygen atoms in total. The zero-order chi connectivity index (χ0) is 26.8. The first-order chi connectivity index (χ1) is 17.8. The highest BCUT2D eigenvalue weighted by Crippen LogP contribution is 2.34. The Bertz CT molecular complexity index is 1220. The van der Waals surface area contributed by atoms with E-state index in [1.807, 2.05) is 48.3 Å². The number of methoxy groups -OCH3 is 1. The number of carbonyl (C=O) groups is 1. The lowest BCUT2D eigenvalue weighted by Crippen LogP contribution is -2.42. The number of nitrogens with zero attached hydrogens (tertiary/aromatic N) is 1. The molecule has 0 saturated heterocycles. The van der Waals surface area contributed by atoms with Crippen LogP contribution in [0.15, 0.2) is 57.7 Å². The van der Waals surface area contributed by atoms with Crippen LogP contribution in [0, 0.1) is 5.92 Å². The van der Waals surface area contributed by atoms with E-state index in [1.165, 1.54) is 31.7 Å². The number of hydrogen-bond acceptors (Lipinski definition) is 6. The van der Waals surface area contributed by atoms with E-state index in [0.29, 0.717) is 22.9 Å². The molecule has 0 aliphatic rings. The molecule has 200 valence electrons. The Morgan fingerprint density at radius 1 is 1.05 bits per heavy atom. The van der Waals surface area contributed by atoms with Gasteiger partial charge in [-0.05, 0) is 55.6 Å². The van der Waals surface area contributed by atoms with Crippen LogP contribution in [0.25, 0.3) is 11.0 Å². The fraction of sp³-hybridized carbons (Fsp3) is 0.467. The summed E-state index contributed by atoms with van der Waals surface area (Å²) in [6.07, 6.45) is 6.68. The molecule has 2 aromatic carbocycles. The molecular formula is C30H41N3O4. The maximum atomic E-state index is 13.4. The number of rotatable bonds is 14. The smallest absolute Gasteiger partial charge is 0.338 e. The minimum absolute atomic E-state index is 0.0776. The van der Waals surface area contributed by atoms with Crippen LogP contribution < -0.4 is 25.9 Å². The summed E-state index contributed by atoms with van der Waals surface area (Å²) in [5.74, 6) is 0.873. The fourth-order valence-corrected chi connectivity index (χ4v) is 4.49. The van der Waals surface area contributed by atoms with Crippen molar-refractivity contribution in [2.75, 3.05) is 30.9 Å². The van der Waals surface area contributed by atoms with E-state index in [0.717, 1.165) is 36.1 Å². The van der Waals surface area contributed by atoms with Gasteiger partial charge >= 0.3 is 5.63 Å². The van der Waals surface area contributed by atoms with Gasteiger partial charge in [-0.15, -0.1) is 0 Å². The van der Waals surface area contributed by atoms with Crippen LogP contribution in [-0.4, -0.2) is 32.7 Å². The summed E-state index contributed by atoms with van der Waals surface area (Å²) in [4.78, 5) is 27.5. The Kier molecular flexibility index (Phi) is 10.6. The standard InChI is InChI=1S/C30H41N3O4/c1-6-7-8-9-12-17-31-25(18-21(2)3)30(35)32-24-19-22(15-16-28(24)36-5)33(4)26-20-29(34)37-27-14-11-10-13-23(26)27/h10-11,13-16,19-21,25,31H,6-9,12,17-18H2,1-5H3,(H,32,35)/t25-/m0/s1. The van der Waals surface area contributed by atoms with Crippen molar-refractivity contribution in [2.24, 2.45) is 5.92 Å². The van der Waals surface area contributed by atoms with Crippen molar-refractivity contribution in [2.45, 2.75) is 65.3 Å². The first kappa shape index (κ1) is 28.3. The van der Waals surface area contributed by atoms with E-state index in [2.05, 4.69) is 31.4 Å². The van der Waals surface area contributed by atoms with Crippen molar-refractivity contribution in [1.82, 2.24) is 5.32 Å². The third kappa shape index (κ3) is 7.83. The zero-order valence-electron chi connectivity index (χ0n) is 22.8. The summed E-state index contributed by atoms with van der Waals surface area (Å²) >= 11 is 0. The minimum atomic E-state index is -0.417. The van der Waals surface area contributed by atoms with E-state index < -0.39 is 5.63 Å². The Morgan fingerprint density at radius 2 is 1.81 bits per heavy atom. The summed E-state index contributed by atoms with van der Waals surface area (Å²) < 4.78 is 10.9. The van der Waals surface area contributed by atoms with Crippen molar-refractivity contribution in [3.8, 4) is 5.75 Å². The number of hydrogen-bond donors (Lipinski definition) is 2. The molecule has 3 aromatic rings. The number of unbranched alkanes of at least 4 members (excludes halogenated alkanes) is 4. The van der Waals surface area contributed by atoms with Crippen molar-refractivity contribution < 1.29 is 13.9 Å². The monoisotopic (exact) mass is 507 g/mol. The number of nitrogens with one attached hydrogen (secondary N) is 2. The SMILES string of the molecule is CCCCCCCN[C@@H](CC(C)C)C(=O)Nc1cc(N(C)c2cc(=O)oc3ccccc23)ccc1OC. The summed E-state index contributed by atoms with van der Waals surface area (Å²) in [5, 5.41) is 7.38. The Balaban J connectivity index is 1.81. The van der Waals surface area contributed by atoms with Gasteiger partial charge in [0.15, 0.2) is 0 Å². The largest absolute Gasteiger partial charge is 0.495 e. The third-order valence-electron chi connectivity index (χ3n) is 6.51. The first-order valence-corrected chi connectivity index (χ1v) is 13.3. The average Bonchev–Trinajstić information content (AvgIpc) is 2.88. The normalized spacial score (nSPS) is 12.1. The van der Waals surface area contributed by atoms with Gasteiger partial charge in [0.2, 0.25) is 5.91 Å². The maximum Gasteiger partial charge on any atom is 0.338 e. The van der Waals surface area contributed by atoms with Gasteiger partial charge in [0, 0.05) is 24.2 Å². The highest BCUT2D eigenvalue weighted by molar-refractivity contribution is 5.97. The lowest BCUT2D eigenvalue weighted by molar-refractivity contribution is -0.118. The first-order valence-electron chi connectivity index (χ1n) is 13.3. The van der Waals surface area contributed by atoms with Crippen molar-refractivity contribution in [3.63, 3.8) is 0 Å². The topological polar surface area (TPSA) is 83.8 Å². The highest BCUT2D eigenvalue weighted by Gasteiger charge is 2.21. The molecule has 0 aliphatic carbocycles. The van der Waals surface area contributed by atoms with Gasteiger partial charge in [0.1, 0.15) is 11.3 Å².